The average Bonchev–Trinajstić information content (AvgIpc) is 2.47. The number of carbonyl (C=O) groups is 1. The smallest absolute Gasteiger partial charge is 0.242 e. The molecule has 1 aromatic rings. The second kappa shape index (κ2) is 5.80. The molecule has 1 aliphatic heterocycles. The van der Waals surface area contributed by atoms with Gasteiger partial charge in [-0.3, -0.25) is 4.79 Å². The molecule has 1 heterocycles. The summed E-state index contributed by atoms with van der Waals surface area (Å²) in [4.78, 5) is 13.7. The molecule has 0 aromatic heterocycles. The summed E-state index contributed by atoms with van der Waals surface area (Å²) in [5.41, 5.74) is 0.754. The van der Waals surface area contributed by atoms with Crippen molar-refractivity contribution in [1.29, 1.82) is 0 Å². The Hall–Kier alpha value is -1.60. The van der Waals surface area contributed by atoms with Crippen molar-refractivity contribution < 1.29 is 17.9 Å². The maximum atomic E-state index is 12.1. The van der Waals surface area contributed by atoms with Crippen molar-refractivity contribution in [1.82, 2.24) is 4.31 Å². The molecular weight excluding hydrogens is 280 g/mol. The summed E-state index contributed by atoms with van der Waals surface area (Å²) >= 11 is 0. The molecule has 1 aromatic carbocycles. The van der Waals surface area contributed by atoms with Gasteiger partial charge in [-0.1, -0.05) is 0 Å². The van der Waals surface area contributed by atoms with Crippen molar-refractivity contribution in [2.45, 2.75) is 6.92 Å². The van der Waals surface area contributed by atoms with Crippen LogP contribution in [0.2, 0.25) is 0 Å². The summed E-state index contributed by atoms with van der Waals surface area (Å²) in [5.74, 6) is 0.523. The summed E-state index contributed by atoms with van der Waals surface area (Å²) in [7, 11) is -1.73. The topological polar surface area (TPSA) is 66.9 Å². The number of ether oxygens (including phenoxy) is 1. The van der Waals surface area contributed by atoms with Gasteiger partial charge in [0.2, 0.25) is 15.9 Å². The second-order valence-corrected chi connectivity index (χ2v) is 6.74. The molecule has 1 amide bonds. The standard InChI is InChI=1S/C13H18N2O4S/c1-3-20(17,18)14-8-9-15(13(16)10-14)11-4-6-12(19-2)7-5-11/h4-7H,3,8-10H2,1-2H3. The molecule has 0 N–H and O–H groups in total. The van der Waals surface area contributed by atoms with Crippen LogP contribution in [-0.2, 0) is 14.8 Å². The van der Waals surface area contributed by atoms with Gasteiger partial charge in [0, 0.05) is 18.8 Å². The third kappa shape index (κ3) is 2.94. The molecule has 20 heavy (non-hydrogen) atoms. The van der Waals surface area contributed by atoms with Crippen molar-refractivity contribution in [3.05, 3.63) is 24.3 Å². The van der Waals surface area contributed by atoms with E-state index >= 15 is 0 Å². The van der Waals surface area contributed by atoms with E-state index in [4.69, 9.17) is 4.74 Å². The third-order valence-electron chi connectivity index (χ3n) is 3.33. The van der Waals surface area contributed by atoms with Gasteiger partial charge in [-0.25, -0.2) is 8.42 Å². The Morgan fingerprint density at radius 2 is 1.85 bits per heavy atom. The van der Waals surface area contributed by atoms with E-state index in [1.54, 1.807) is 43.2 Å². The number of anilines is 1. The van der Waals surface area contributed by atoms with Gasteiger partial charge in [0.05, 0.1) is 19.4 Å². The molecular formula is C13H18N2O4S. The quantitative estimate of drug-likeness (QED) is 0.820. The first-order chi connectivity index (χ1) is 9.47. The SMILES string of the molecule is CCS(=O)(=O)N1CCN(c2ccc(OC)cc2)C(=O)C1. The van der Waals surface area contributed by atoms with Crippen molar-refractivity contribution >= 4 is 21.6 Å². The van der Waals surface area contributed by atoms with Crippen molar-refractivity contribution in [3.8, 4) is 5.75 Å². The maximum Gasteiger partial charge on any atom is 0.242 e. The number of carbonyl (C=O) groups excluding carboxylic acids is 1. The lowest BCUT2D eigenvalue weighted by Crippen LogP contribution is -2.52. The molecule has 1 aliphatic rings. The minimum absolute atomic E-state index is 0.0167. The Bertz CT molecular complexity index is 583. The number of piperazine rings is 1. The van der Waals surface area contributed by atoms with Crippen LogP contribution in [0.1, 0.15) is 6.92 Å². The fraction of sp³-hybridized carbons (Fsp3) is 0.462. The summed E-state index contributed by atoms with van der Waals surface area (Å²) < 4.78 is 29.8. The molecule has 6 nitrogen and oxygen atoms in total. The zero-order chi connectivity index (χ0) is 14.8. The first kappa shape index (κ1) is 14.8. The Morgan fingerprint density at radius 1 is 1.20 bits per heavy atom. The Morgan fingerprint density at radius 3 is 2.35 bits per heavy atom. The van der Waals surface area contributed by atoms with Crippen LogP contribution < -0.4 is 9.64 Å². The summed E-state index contributed by atoms with van der Waals surface area (Å²) in [6.45, 7) is 2.18. The summed E-state index contributed by atoms with van der Waals surface area (Å²) in [6.07, 6.45) is 0. The largest absolute Gasteiger partial charge is 0.497 e. The number of hydrogen-bond acceptors (Lipinski definition) is 4. The average molecular weight is 298 g/mol. The number of nitrogens with zero attached hydrogens (tertiary/aromatic N) is 2. The van der Waals surface area contributed by atoms with Crippen molar-refractivity contribution in [2.24, 2.45) is 0 Å². The van der Waals surface area contributed by atoms with Crippen LogP contribution in [0.3, 0.4) is 0 Å². The highest BCUT2D eigenvalue weighted by Gasteiger charge is 2.31. The van der Waals surface area contributed by atoms with Gasteiger partial charge >= 0.3 is 0 Å². The molecule has 1 fully saturated rings. The second-order valence-electron chi connectivity index (χ2n) is 4.48. The number of hydrogen-bond donors (Lipinski definition) is 0. The number of methoxy groups -OCH3 is 1. The maximum absolute atomic E-state index is 12.1. The molecule has 1 saturated heterocycles. The highest BCUT2D eigenvalue weighted by Crippen LogP contribution is 2.21. The van der Waals surface area contributed by atoms with Gasteiger partial charge < -0.3 is 9.64 Å². The van der Waals surface area contributed by atoms with E-state index in [0.717, 1.165) is 5.69 Å². The lowest BCUT2D eigenvalue weighted by molar-refractivity contribution is -0.119. The highest BCUT2D eigenvalue weighted by atomic mass is 32.2. The number of sulfonamides is 1. The Balaban J connectivity index is 2.12. The minimum Gasteiger partial charge on any atom is -0.497 e. The fourth-order valence-electron chi connectivity index (χ4n) is 2.11. The van der Waals surface area contributed by atoms with Crippen LogP contribution in [0.5, 0.6) is 5.75 Å². The highest BCUT2D eigenvalue weighted by molar-refractivity contribution is 7.89. The van der Waals surface area contributed by atoms with Crippen LogP contribution in [0.25, 0.3) is 0 Å². The predicted octanol–water partition coefficient (Wildman–Crippen LogP) is 0.693. The Kier molecular flexibility index (Phi) is 4.29. The van der Waals surface area contributed by atoms with Crippen molar-refractivity contribution in [2.75, 3.05) is 37.4 Å². The van der Waals surface area contributed by atoms with Crippen LogP contribution in [0.4, 0.5) is 5.69 Å². The van der Waals surface area contributed by atoms with Gasteiger partial charge in [0.1, 0.15) is 5.75 Å². The van der Waals surface area contributed by atoms with Crippen LogP contribution in [0, 0.1) is 0 Å². The summed E-state index contributed by atoms with van der Waals surface area (Å²) in [5, 5.41) is 0. The van der Waals surface area contributed by atoms with E-state index in [1.165, 1.54) is 4.31 Å². The van der Waals surface area contributed by atoms with Gasteiger partial charge in [0.25, 0.3) is 0 Å². The first-order valence-corrected chi connectivity index (χ1v) is 8.01. The molecule has 0 saturated carbocycles. The van der Waals surface area contributed by atoms with Crippen LogP contribution >= 0.6 is 0 Å². The monoisotopic (exact) mass is 298 g/mol. The molecule has 0 radical (unpaired) electrons. The zero-order valence-corrected chi connectivity index (χ0v) is 12.4. The third-order valence-corrected chi connectivity index (χ3v) is 5.16. The molecule has 0 unspecified atom stereocenters. The van der Waals surface area contributed by atoms with Crippen LogP contribution in [0.15, 0.2) is 24.3 Å². The summed E-state index contributed by atoms with van der Waals surface area (Å²) in [6, 6.07) is 7.14. The van der Waals surface area contributed by atoms with Gasteiger partial charge in [-0.05, 0) is 31.2 Å². The molecule has 0 bridgehead atoms. The van der Waals surface area contributed by atoms with E-state index in [-0.39, 0.29) is 18.2 Å². The molecule has 0 atom stereocenters. The van der Waals surface area contributed by atoms with Gasteiger partial charge in [-0.15, -0.1) is 0 Å². The van der Waals surface area contributed by atoms with Gasteiger partial charge in [0.15, 0.2) is 0 Å². The van der Waals surface area contributed by atoms with E-state index in [1.807, 2.05) is 0 Å². The molecule has 0 spiro atoms. The predicted molar refractivity (Wildman–Crippen MR) is 76.4 cm³/mol. The molecule has 2 rings (SSSR count). The fourth-order valence-corrected chi connectivity index (χ4v) is 3.14. The normalized spacial score (nSPS) is 17.3. The van der Waals surface area contributed by atoms with Crippen molar-refractivity contribution in [3.63, 3.8) is 0 Å². The number of amides is 1. The lowest BCUT2D eigenvalue weighted by Gasteiger charge is -2.33. The Labute approximate surface area is 119 Å². The number of benzene rings is 1. The molecule has 0 aliphatic carbocycles. The van der Waals surface area contributed by atoms with Crippen LogP contribution in [-0.4, -0.2) is 51.1 Å². The van der Waals surface area contributed by atoms with Gasteiger partial charge in [-0.2, -0.15) is 4.31 Å². The minimum atomic E-state index is -3.30. The van der Waals surface area contributed by atoms with E-state index in [0.29, 0.717) is 18.8 Å². The van der Waals surface area contributed by atoms with E-state index in [2.05, 4.69) is 0 Å². The first-order valence-electron chi connectivity index (χ1n) is 6.40. The molecule has 110 valence electrons. The molecule has 7 heteroatoms. The zero-order valence-electron chi connectivity index (χ0n) is 11.6. The number of rotatable bonds is 4. The van der Waals surface area contributed by atoms with E-state index in [9.17, 15) is 13.2 Å². The van der Waals surface area contributed by atoms with E-state index < -0.39 is 10.0 Å². The lowest BCUT2D eigenvalue weighted by atomic mass is 10.2.